The molecule has 0 spiro atoms. The monoisotopic (exact) mass is 622 g/mol. The van der Waals surface area contributed by atoms with Crippen molar-refractivity contribution in [2.24, 2.45) is 0 Å². The number of carbonyl (C=O) groups is 1. The van der Waals surface area contributed by atoms with Crippen LogP contribution in [-0.4, -0.2) is 69.1 Å². The largest absolute Gasteiger partial charge is 0.455 e. The van der Waals surface area contributed by atoms with Crippen molar-refractivity contribution in [1.82, 2.24) is 0 Å². The summed E-state index contributed by atoms with van der Waals surface area (Å²) in [5, 5.41) is 41.8. The van der Waals surface area contributed by atoms with Crippen molar-refractivity contribution >= 4 is 5.97 Å². The fourth-order valence-corrected chi connectivity index (χ4v) is 6.46. The zero-order valence-corrected chi connectivity index (χ0v) is 28.1. The molecule has 0 aliphatic carbocycles. The minimum atomic E-state index is -0.628. The fraction of sp³-hybridized carbons (Fsp3) is 0.865. The molecule has 0 amide bonds. The van der Waals surface area contributed by atoms with E-state index in [1.165, 1.54) is 64.2 Å². The first kappa shape index (κ1) is 38.9. The van der Waals surface area contributed by atoms with Crippen molar-refractivity contribution in [3.8, 4) is 0 Å². The lowest BCUT2D eigenvalue weighted by atomic mass is 9.98. The molecule has 1 fully saturated rings. The van der Waals surface area contributed by atoms with Gasteiger partial charge in [-0.2, -0.15) is 0 Å². The first-order chi connectivity index (χ1) is 21.3. The Kier molecular flexibility index (Phi) is 21.2. The molecule has 7 atom stereocenters. The van der Waals surface area contributed by atoms with Crippen molar-refractivity contribution in [1.29, 1.82) is 0 Å². The number of aliphatic hydroxyl groups excluding tert-OH is 4. The number of hydrogen-bond acceptors (Lipinski definition) is 7. The smallest absolute Gasteiger partial charge is 0.334 e. The Morgan fingerprint density at radius 2 is 1.25 bits per heavy atom. The third-order valence-electron chi connectivity index (χ3n) is 9.28. The normalized spacial score (nSPS) is 23.2. The first-order valence-corrected chi connectivity index (χ1v) is 18.2. The molecule has 0 aromatic heterocycles. The van der Waals surface area contributed by atoms with Crippen LogP contribution in [0.15, 0.2) is 23.8 Å². The Bertz CT molecular complexity index is 797. The highest BCUT2D eigenvalue weighted by atomic mass is 16.5. The molecule has 0 radical (unpaired) electrons. The Balaban J connectivity index is 1.43. The van der Waals surface area contributed by atoms with Crippen molar-refractivity contribution < 1.29 is 34.7 Å². The van der Waals surface area contributed by atoms with Gasteiger partial charge in [0.25, 0.3) is 0 Å². The quantitative estimate of drug-likeness (QED) is 0.0423. The number of hydrogen-bond donors (Lipinski definition) is 4. The van der Waals surface area contributed by atoms with Crippen LogP contribution in [-0.2, 0) is 14.3 Å². The molecule has 2 aliphatic heterocycles. The predicted molar refractivity (Wildman–Crippen MR) is 177 cm³/mol. The molecule has 4 N–H and O–H groups in total. The molecular weight excluding hydrogens is 556 g/mol. The highest BCUT2D eigenvalue weighted by Gasteiger charge is 2.34. The van der Waals surface area contributed by atoms with E-state index in [-0.39, 0.29) is 24.3 Å². The standard InChI is InChI=1S/C37H66O7/c1-3-4-5-6-7-8-9-10-11-12-13-14-15-19-22-33(40)35-25-26-36(44-35)34(41)24-23-31(38)20-17-16-18-21-32(39)28-30-27-29(2)43-37(30)42/h14-15,27,29,31-36,38-41H,3-13,16-26,28H2,1-2H3/b15-14-/t29-,31-,32+,33-,34-,35-,36-/m1/s1. The highest BCUT2D eigenvalue weighted by molar-refractivity contribution is 5.90. The Hall–Kier alpha value is -1.25. The lowest BCUT2D eigenvalue weighted by Crippen LogP contribution is -2.31. The van der Waals surface area contributed by atoms with Crippen LogP contribution in [0.2, 0.25) is 0 Å². The number of unbranched alkanes of at least 4 members (excludes halogenated alkanes) is 12. The van der Waals surface area contributed by atoms with Gasteiger partial charge in [-0.1, -0.05) is 96.1 Å². The van der Waals surface area contributed by atoms with Gasteiger partial charge in [0, 0.05) is 12.0 Å². The Labute approximate surface area is 268 Å². The fourth-order valence-electron chi connectivity index (χ4n) is 6.46. The van der Waals surface area contributed by atoms with Crippen LogP contribution < -0.4 is 0 Å². The zero-order chi connectivity index (χ0) is 32.0. The van der Waals surface area contributed by atoms with Crippen LogP contribution in [0, 0.1) is 0 Å². The molecule has 256 valence electrons. The lowest BCUT2D eigenvalue weighted by molar-refractivity contribution is -0.139. The topological polar surface area (TPSA) is 116 Å². The van der Waals surface area contributed by atoms with Gasteiger partial charge in [-0.25, -0.2) is 4.79 Å². The number of rotatable bonds is 27. The Morgan fingerprint density at radius 1 is 0.705 bits per heavy atom. The van der Waals surface area contributed by atoms with Gasteiger partial charge in [-0.3, -0.25) is 0 Å². The van der Waals surface area contributed by atoms with E-state index in [9.17, 15) is 25.2 Å². The molecule has 2 heterocycles. The summed E-state index contributed by atoms with van der Waals surface area (Å²) in [6.45, 7) is 4.07. The van der Waals surface area contributed by atoms with Crippen molar-refractivity contribution in [2.45, 2.75) is 204 Å². The zero-order valence-electron chi connectivity index (χ0n) is 28.1. The average molecular weight is 623 g/mol. The van der Waals surface area contributed by atoms with Gasteiger partial charge in [0.2, 0.25) is 0 Å². The lowest BCUT2D eigenvalue weighted by Gasteiger charge is -2.22. The van der Waals surface area contributed by atoms with Gasteiger partial charge < -0.3 is 29.9 Å². The molecule has 0 aromatic carbocycles. The second-order valence-electron chi connectivity index (χ2n) is 13.5. The minimum Gasteiger partial charge on any atom is -0.455 e. The summed E-state index contributed by atoms with van der Waals surface area (Å²) in [6.07, 6.45) is 26.3. The third kappa shape index (κ3) is 17.4. The van der Waals surface area contributed by atoms with E-state index in [1.807, 2.05) is 6.92 Å². The van der Waals surface area contributed by atoms with Crippen molar-refractivity contribution in [3.63, 3.8) is 0 Å². The number of aliphatic hydroxyl groups is 4. The van der Waals surface area contributed by atoms with Crippen molar-refractivity contribution in [2.75, 3.05) is 0 Å². The second kappa shape index (κ2) is 24.0. The van der Waals surface area contributed by atoms with E-state index in [1.54, 1.807) is 6.08 Å². The van der Waals surface area contributed by atoms with Gasteiger partial charge in [0.15, 0.2) is 0 Å². The van der Waals surface area contributed by atoms with Crippen LogP contribution in [0.1, 0.15) is 162 Å². The minimum absolute atomic E-state index is 0.209. The van der Waals surface area contributed by atoms with Gasteiger partial charge >= 0.3 is 5.97 Å². The van der Waals surface area contributed by atoms with Gasteiger partial charge in [-0.15, -0.1) is 0 Å². The first-order valence-electron chi connectivity index (χ1n) is 18.2. The highest BCUT2D eigenvalue weighted by Crippen LogP contribution is 2.28. The van der Waals surface area contributed by atoms with E-state index < -0.39 is 24.4 Å². The summed E-state index contributed by atoms with van der Waals surface area (Å²) in [6, 6.07) is 0. The number of cyclic esters (lactones) is 1. The average Bonchev–Trinajstić information content (AvgIpc) is 3.62. The maximum Gasteiger partial charge on any atom is 0.334 e. The van der Waals surface area contributed by atoms with E-state index in [0.717, 1.165) is 44.9 Å². The summed E-state index contributed by atoms with van der Waals surface area (Å²) < 4.78 is 11.1. The van der Waals surface area contributed by atoms with Gasteiger partial charge in [0.1, 0.15) is 6.10 Å². The molecule has 7 heteroatoms. The van der Waals surface area contributed by atoms with Crippen LogP contribution in [0.3, 0.4) is 0 Å². The van der Waals surface area contributed by atoms with E-state index >= 15 is 0 Å². The van der Waals surface area contributed by atoms with Crippen LogP contribution >= 0.6 is 0 Å². The maximum atomic E-state index is 11.7. The second-order valence-corrected chi connectivity index (χ2v) is 13.5. The summed E-state index contributed by atoms with van der Waals surface area (Å²) in [4.78, 5) is 11.7. The third-order valence-corrected chi connectivity index (χ3v) is 9.28. The molecule has 7 nitrogen and oxygen atoms in total. The predicted octanol–water partition coefficient (Wildman–Crippen LogP) is 7.62. The van der Waals surface area contributed by atoms with Crippen LogP contribution in [0.5, 0.6) is 0 Å². The van der Waals surface area contributed by atoms with E-state index in [0.29, 0.717) is 44.1 Å². The molecule has 0 unspecified atom stereocenters. The van der Waals surface area contributed by atoms with Gasteiger partial charge in [0.05, 0.1) is 36.6 Å². The molecule has 2 aliphatic rings. The summed E-state index contributed by atoms with van der Waals surface area (Å²) >= 11 is 0. The molecule has 0 bridgehead atoms. The molecular formula is C37H66O7. The van der Waals surface area contributed by atoms with Crippen molar-refractivity contribution in [3.05, 3.63) is 23.8 Å². The molecule has 2 rings (SSSR count). The summed E-state index contributed by atoms with van der Waals surface area (Å²) in [7, 11) is 0. The van der Waals surface area contributed by atoms with E-state index in [2.05, 4.69) is 19.1 Å². The molecule has 44 heavy (non-hydrogen) atoms. The molecule has 1 saturated heterocycles. The number of ether oxygens (including phenoxy) is 2. The number of esters is 1. The number of carbonyl (C=O) groups excluding carboxylic acids is 1. The molecule has 0 saturated carbocycles. The SMILES string of the molecule is CCCCCCCCCCCC/C=C\CC[C@@H](O)[C@H]1CC[C@H]([C@H](O)CC[C@H](O)CCCCC[C@H](O)CC2=C[C@@H](C)OC2=O)O1. The van der Waals surface area contributed by atoms with E-state index in [4.69, 9.17) is 9.47 Å². The van der Waals surface area contributed by atoms with Gasteiger partial charge in [-0.05, 0) is 77.2 Å². The summed E-state index contributed by atoms with van der Waals surface area (Å²) in [5.74, 6) is -0.325. The van der Waals surface area contributed by atoms with Crippen LogP contribution in [0.4, 0.5) is 0 Å². The number of allylic oxidation sites excluding steroid dienone is 2. The summed E-state index contributed by atoms with van der Waals surface area (Å²) in [5.41, 5.74) is 0.563. The van der Waals surface area contributed by atoms with Crippen LogP contribution in [0.25, 0.3) is 0 Å². The molecule has 0 aromatic rings. The Morgan fingerprint density at radius 3 is 1.86 bits per heavy atom. The maximum absolute atomic E-state index is 11.7.